The Bertz CT molecular complexity index is 457. The molecule has 0 saturated heterocycles. The number of thiophene rings is 1. The van der Waals surface area contributed by atoms with Gasteiger partial charge in [0.05, 0.1) is 13.2 Å². The van der Waals surface area contributed by atoms with Crippen molar-refractivity contribution in [3.05, 3.63) is 21.9 Å². The molecule has 1 aromatic heterocycles. The first-order valence-corrected chi connectivity index (χ1v) is 7.57. The summed E-state index contributed by atoms with van der Waals surface area (Å²) in [7, 11) is 0. The second-order valence-electron chi connectivity index (χ2n) is 4.83. The third-order valence-electron chi connectivity index (χ3n) is 2.89. The third kappa shape index (κ3) is 4.85. The van der Waals surface area contributed by atoms with Gasteiger partial charge in [-0.25, -0.2) is 4.79 Å². The Balaban J connectivity index is 2.56. The third-order valence-corrected chi connectivity index (χ3v) is 3.91. The number of alkyl carbamates (subject to hydrolysis) is 1. The van der Waals surface area contributed by atoms with E-state index in [1.165, 1.54) is 0 Å². The molecule has 2 N–H and O–H groups in total. The van der Waals surface area contributed by atoms with Crippen molar-refractivity contribution < 1.29 is 14.3 Å². The fraction of sp³-hybridized carbons (Fsp3) is 0.571. The smallest absolute Gasteiger partial charge is 0.407 e. The van der Waals surface area contributed by atoms with E-state index >= 15 is 0 Å². The van der Waals surface area contributed by atoms with Gasteiger partial charge >= 0.3 is 6.09 Å². The molecule has 1 unspecified atom stereocenters. The van der Waals surface area contributed by atoms with Gasteiger partial charge in [-0.15, -0.1) is 11.3 Å². The van der Waals surface area contributed by atoms with Gasteiger partial charge in [0, 0.05) is 4.88 Å². The highest BCUT2D eigenvalue weighted by atomic mass is 32.1. The average molecular weight is 298 g/mol. The molecule has 20 heavy (non-hydrogen) atoms. The monoisotopic (exact) mass is 298 g/mol. The molecule has 1 aromatic rings. The van der Waals surface area contributed by atoms with Crippen molar-refractivity contribution in [2.45, 2.75) is 40.3 Å². The van der Waals surface area contributed by atoms with Gasteiger partial charge in [-0.05, 0) is 36.8 Å². The van der Waals surface area contributed by atoms with Crippen LogP contribution in [0.2, 0.25) is 0 Å². The SMILES string of the molecule is CCOC(=O)NC(C(=O)NCc1sccc1C)C(C)C. The molecule has 0 bridgehead atoms. The van der Waals surface area contributed by atoms with E-state index in [9.17, 15) is 9.59 Å². The number of aryl methyl sites for hydroxylation is 1. The van der Waals surface area contributed by atoms with E-state index in [1.54, 1.807) is 18.3 Å². The number of rotatable bonds is 6. The number of carbonyl (C=O) groups is 2. The van der Waals surface area contributed by atoms with Crippen LogP contribution in [0, 0.1) is 12.8 Å². The summed E-state index contributed by atoms with van der Waals surface area (Å²) < 4.78 is 4.81. The standard InChI is InChI=1S/C14H22N2O3S/c1-5-19-14(18)16-12(9(2)3)13(17)15-8-11-10(4)6-7-20-11/h6-7,9,12H,5,8H2,1-4H3,(H,15,17)(H,16,18). The van der Waals surface area contributed by atoms with Crippen LogP contribution in [0.15, 0.2) is 11.4 Å². The zero-order chi connectivity index (χ0) is 15.1. The summed E-state index contributed by atoms with van der Waals surface area (Å²) in [6.07, 6.45) is -0.561. The van der Waals surface area contributed by atoms with Crippen LogP contribution in [-0.2, 0) is 16.1 Å². The molecule has 112 valence electrons. The van der Waals surface area contributed by atoms with Crippen LogP contribution in [0.25, 0.3) is 0 Å². The van der Waals surface area contributed by atoms with E-state index < -0.39 is 12.1 Å². The average Bonchev–Trinajstić information content (AvgIpc) is 2.78. The fourth-order valence-corrected chi connectivity index (χ4v) is 2.54. The van der Waals surface area contributed by atoms with E-state index in [-0.39, 0.29) is 18.4 Å². The zero-order valence-corrected chi connectivity index (χ0v) is 13.2. The van der Waals surface area contributed by atoms with Crippen molar-refractivity contribution in [2.24, 2.45) is 5.92 Å². The molecule has 1 rings (SSSR count). The van der Waals surface area contributed by atoms with Gasteiger partial charge in [0.2, 0.25) is 5.91 Å². The van der Waals surface area contributed by atoms with Crippen LogP contribution in [0.3, 0.4) is 0 Å². The lowest BCUT2D eigenvalue weighted by Gasteiger charge is -2.21. The molecule has 0 aliphatic carbocycles. The van der Waals surface area contributed by atoms with Crippen LogP contribution in [-0.4, -0.2) is 24.6 Å². The Morgan fingerprint density at radius 2 is 2.10 bits per heavy atom. The van der Waals surface area contributed by atoms with Gasteiger partial charge in [0.15, 0.2) is 0 Å². The highest BCUT2D eigenvalue weighted by Crippen LogP contribution is 2.15. The first-order chi connectivity index (χ1) is 9.45. The quantitative estimate of drug-likeness (QED) is 0.847. The highest BCUT2D eigenvalue weighted by Gasteiger charge is 2.24. The normalized spacial score (nSPS) is 12.1. The Morgan fingerprint density at radius 3 is 2.60 bits per heavy atom. The molecule has 0 aromatic carbocycles. The Morgan fingerprint density at radius 1 is 1.40 bits per heavy atom. The van der Waals surface area contributed by atoms with Gasteiger partial charge < -0.3 is 15.4 Å². The number of amides is 2. The second kappa shape index (κ2) is 7.89. The van der Waals surface area contributed by atoms with Crippen LogP contribution >= 0.6 is 11.3 Å². The van der Waals surface area contributed by atoms with Crippen LogP contribution in [0.4, 0.5) is 4.79 Å². The molecule has 0 saturated carbocycles. The van der Waals surface area contributed by atoms with Crippen molar-refractivity contribution in [2.75, 3.05) is 6.61 Å². The predicted molar refractivity (Wildman–Crippen MR) is 79.7 cm³/mol. The van der Waals surface area contributed by atoms with E-state index in [4.69, 9.17) is 4.74 Å². The van der Waals surface area contributed by atoms with Gasteiger partial charge in [-0.3, -0.25) is 4.79 Å². The number of hydrogen-bond donors (Lipinski definition) is 2. The van der Waals surface area contributed by atoms with E-state index in [1.807, 2.05) is 32.2 Å². The minimum absolute atomic E-state index is 0.0103. The van der Waals surface area contributed by atoms with Gasteiger partial charge in [0.1, 0.15) is 6.04 Å². The van der Waals surface area contributed by atoms with Crippen LogP contribution in [0.5, 0.6) is 0 Å². The summed E-state index contributed by atoms with van der Waals surface area (Å²) in [6, 6.07) is 1.43. The zero-order valence-electron chi connectivity index (χ0n) is 12.4. The molecule has 0 radical (unpaired) electrons. The molecule has 1 atom stereocenters. The highest BCUT2D eigenvalue weighted by molar-refractivity contribution is 7.10. The van der Waals surface area contributed by atoms with Crippen LogP contribution < -0.4 is 10.6 Å². The lowest BCUT2D eigenvalue weighted by Crippen LogP contribution is -2.49. The summed E-state index contributed by atoms with van der Waals surface area (Å²) in [5.74, 6) is -0.204. The summed E-state index contributed by atoms with van der Waals surface area (Å²) in [6.45, 7) is 8.26. The van der Waals surface area contributed by atoms with Crippen LogP contribution in [0.1, 0.15) is 31.2 Å². The molecule has 1 heterocycles. The molecular formula is C14H22N2O3S. The summed E-state index contributed by atoms with van der Waals surface area (Å²) in [4.78, 5) is 24.7. The number of nitrogens with one attached hydrogen (secondary N) is 2. The largest absolute Gasteiger partial charge is 0.450 e. The number of hydrogen-bond acceptors (Lipinski definition) is 4. The molecular weight excluding hydrogens is 276 g/mol. The van der Waals surface area contributed by atoms with Crippen molar-refractivity contribution in [1.29, 1.82) is 0 Å². The Kier molecular flexibility index (Phi) is 6.51. The van der Waals surface area contributed by atoms with E-state index in [0.29, 0.717) is 6.54 Å². The topological polar surface area (TPSA) is 67.4 Å². The number of ether oxygens (including phenoxy) is 1. The van der Waals surface area contributed by atoms with Gasteiger partial charge in [-0.2, -0.15) is 0 Å². The van der Waals surface area contributed by atoms with E-state index in [0.717, 1.165) is 10.4 Å². The van der Waals surface area contributed by atoms with Gasteiger partial charge in [0.25, 0.3) is 0 Å². The summed E-state index contributed by atoms with van der Waals surface area (Å²) >= 11 is 1.61. The lowest BCUT2D eigenvalue weighted by atomic mass is 10.0. The molecule has 5 nitrogen and oxygen atoms in total. The van der Waals surface area contributed by atoms with Crippen molar-refractivity contribution in [3.63, 3.8) is 0 Å². The first-order valence-electron chi connectivity index (χ1n) is 6.69. The Labute approximate surface area is 123 Å². The fourth-order valence-electron chi connectivity index (χ4n) is 1.70. The van der Waals surface area contributed by atoms with Crippen molar-refractivity contribution in [3.8, 4) is 0 Å². The minimum atomic E-state index is -0.589. The summed E-state index contributed by atoms with van der Waals surface area (Å²) in [5, 5.41) is 7.44. The van der Waals surface area contributed by atoms with Crippen molar-refractivity contribution in [1.82, 2.24) is 10.6 Å². The molecule has 2 amide bonds. The maximum atomic E-state index is 12.2. The minimum Gasteiger partial charge on any atom is -0.450 e. The molecule has 0 aliphatic heterocycles. The maximum absolute atomic E-state index is 12.2. The number of carbonyl (C=O) groups excluding carboxylic acids is 2. The molecule has 0 aliphatic rings. The predicted octanol–water partition coefficient (Wildman–Crippen LogP) is 2.44. The lowest BCUT2D eigenvalue weighted by molar-refractivity contribution is -0.124. The van der Waals surface area contributed by atoms with Crippen molar-refractivity contribution >= 4 is 23.3 Å². The first kappa shape index (κ1) is 16.5. The molecule has 0 fully saturated rings. The Hall–Kier alpha value is -1.56. The summed E-state index contributed by atoms with van der Waals surface area (Å²) in [5.41, 5.74) is 1.16. The van der Waals surface area contributed by atoms with E-state index in [2.05, 4.69) is 10.6 Å². The maximum Gasteiger partial charge on any atom is 0.407 e. The molecule has 0 spiro atoms. The molecule has 6 heteroatoms. The van der Waals surface area contributed by atoms with Gasteiger partial charge in [-0.1, -0.05) is 13.8 Å². The second-order valence-corrected chi connectivity index (χ2v) is 5.83.